The topological polar surface area (TPSA) is 119 Å². The predicted octanol–water partition coefficient (Wildman–Crippen LogP) is 6.74. The van der Waals surface area contributed by atoms with Crippen LogP contribution in [0.4, 0.5) is 5.69 Å². The summed E-state index contributed by atoms with van der Waals surface area (Å²) >= 11 is 3.41. The fourth-order valence-corrected chi connectivity index (χ4v) is 5.21. The van der Waals surface area contributed by atoms with E-state index < -0.39 is 29.1 Å². The zero-order valence-corrected chi connectivity index (χ0v) is 25.8. The van der Waals surface area contributed by atoms with Crippen LogP contribution in [0.15, 0.2) is 82.3 Å². The normalized spacial score (nSPS) is 13.4. The summed E-state index contributed by atoms with van der Waals surface area (Å²) in [7, 11) is 0. The molecule has 0 spiro atoms. The molecule has 3 aromatic rings. The summed E-state index contributed by atoms with van der Waals surface area (Å²) in [5, 5.41) is 9.56. The molecule has 2 atom stereocenters. The number of anilines is 1. The van der Waals surface area contributed by atoms with Crippen molar-refractivity contribution in [1.82, 2.24) is 0 Å². The third kappa shape index (κ3) is 8.23. The van der Waals surface area contributed by atoms with E-state index in [9.17, 15) is 19.5 Å². The number of benzene rings is 3. The quantitative estimate of drug-likeness (QED) is 0.0450. The summed E-state index contributed by atoms with van der Waals surface area (Å²) in [5.41, 5.74) is 6.61. The van der Waals surface area contributed by atoms with Crippen LogP contribution in [-0.4, -0.2) is 48.1 Å². The first-order valence-electron chi connectivity index (χ1n) is 14.3. The van der Waals surface area contributed by atoms with Gasteiger partial charge in [0, 0.05) is 35.0 Å². The van der Waals surface area contributed by atoms with E-state index in [1.54, 1.807) is 79.9 Å². The van der Waals surface area contributed by atoms with Gasteiger partial charge in [0.2, 0.25) is 0 Å². The number of carbonyl (C=O) groups is 3. The Morgan fingerprint density at radius 3 is 2.29 bits per heavy atom. The molecule has 0 aliphatic carbocycles. The van der Waals surface area contributed by atoms with E-state index >= 15 is 0 Å². The van der Waals surface area contributed by atoms with Crippen LogP contribution in [0.25, 0.3) is 0 Å². The van der Waals surface area contributed by atoms with Crippen molar-refractivity contribution in [2.75, 3.05) is 18.9 Å². The number of ketones is 2. The Morgan fingerprint density at radius 2 is 1.64 bits per heavy atom. The molecule has 3 aromatic carbocycles. The van der Waals surface area contributed by atoms with Crippen LogP contribution in [0.3, 0.4) is 0 Å². The van der Waals surface area contributed by atoms with E-state index in [1.165, 1.54) is 6.07 Å². The SMILES string of the molecule is CCCCCCN=Cc1cc(C(=O)OC(CCCO)C(=O)C(C)(C(=O)c2ccccc2)c2ccccc2)cc(Br)c1N. The van der Waals surface area contributed by atoms with Gasteiger partial charge in [-0.05, 0) is 59.8 Å². The summed E-state index contributed by atoms with van der Waals surface area (Å²) in [6.45, 7) is 4.16. The Balaban J connectivity index is 1.93. The number of nitrogens with zero attached hydrogens (tertiary/aromatic N) is 1. The number of nitrogen functional groups attached to an aromatic ring is 1. The molecule has 0 aromatic heterocycles. The monoisotopic (exact) mass is 634 g/mol. The molecule has 3 N–H and O–H groups in total. The lowest BCUT2D eigenvalue weighted by atomic mass is 9.71. The van der Waals surface area contributed by atoms with Gasteiger partial charge in [0.15, 0.2) is 17.7 Å². The molecule has 0 radical (unpaired) electrons. The predicted molar refractivity (Wildman–Crippen MR) is 170 cm³/mol. The largest absolute Gasteiger partial charge is 0.451 e. The molecule has 0 bridgehead atoms. The number of unbranched alkanes of at least 4 members (excludes halogenated alkanes) is 3. The maximum atomic E-state index is 14.3. The molecule has 42 heavy (non-hydrogen) atoms. The van der Waals surface area contributed by atoms with Crippen LogP contribution in [0.5, 0.6) is 0 Å². The number of hydrogen-bond acceptors (Lipinski definition) is 7. The van der Waals surface area contributed by atoms with Crippen molar-refractivity contribution in [3.8, 4) is 0 Å². The smallest absolute Gasteiger partial charge is 0.338 e. The molecular weight excluding hydrogens is 596 g/mol. The van der Waals surface area contributed by atoms with E-state index in [0.29, 0.717) is 33.4 Å². The fraction of sp³-hybridized carbons (Fsp3) is 0.353. The number of halogens is 1. The molecule has 0 heterocycles. The van der Waals surface area contributed by atoms with Gasteiger partial charge < -0.3 is 15.6 Å². The molecule has 222 valence electrons. The number of ether oxygens (including phenoxy) is 1. The zero-order valence-electron chi connectivity index (χ0n) is 24.2. The van der Waals surface area contributed by atoms with Crippen LogP contribution in [-0.2, 0) is 14.9 Å². The lowest BCUT2D eigenvalue weighted by Gasteiger charge is -2.31. The Hall–Kier alpha value is -3.62. The number of esters is 1. The van der Waals surface area contributed by atoms with E-state index in [0.717, 1.165) is 25.7 Å². The second-order valence-electron chi connectivity index (χ2n) is 10.4. The minimum Gasteiger partial charge on any atom is -0.451 e. The lowest BCUT2D eigenvalue weighted by molar-refractivity contribution is -0.132. The average Bonchev–Trinajstić information content (AvgIpc) is 3.02. The van der Waals surface area contributed by atoms with Gasteiger partial charge in [-0.1, -0.05) is 86.8 Å². The Bertz CT molecular complexity index is 1380. The van der Waals surface area contributed by atoms with Crippen molar-refractivity contribution in [2.24, 2.45) is 4.99 Å². The highest BCUT2D eigenvalue weighted by Crippen LogP contribution is 2.33. The molecule has 3 rings (SSSR count). The van der Waals surface area contributed by atoms with Gasteiger partial charge >= 0.3 is 5.97 Å². The van der Waals surface area contributed by atoms with Gasteiger partial charge in [-0.15, -0.1) is 0 Å². The fourth-order valence-electron chi connectivity index (χ4n) is 4.73. The number of nitrogens with two attached hydrogens (primary N) is 1. The van der Waals surface area contributed by atoms with E-state index in [1.807, 2.05) is 0 Å². The van der Waals surface area contributed by atoms with Crippen molar-refractivity contribution in [3.05, 3.63) is 99.5 Å². The Labute approximate surface area is 256 Å². The molecule has 2 unspecified atom stereocenters. The van der Waals surface area contributed by atoms with Gasteiger partial charge in [0.1, 0.15) is 5.41 Å². The van der Waals surface area contributed by atoms with E-state index in [4.69, 9.17) is 10.5 Å². The number of carbonyl (C=O) groups excluding carboxylic acids is 3. The van der Waals surface area contributed by atoms with Gasteiger partial charge in [-0.2, -0.15) is 0 Å². The third-order valence-electron chi connectivity index (χ3n) is 7.27. The Kier molecular flexibility index (Phi) is 12.6. The molecule has 0 saturated carbocycles. The van der Waals surface area contributed by atoms with Crippen LogP contribution in [0.2, 0.25) is 0 Å². The lowest BCUT2D eigenvalue weighted by Crippen LogP contribution is -2.48. The zero-order chi connectivity index (χ0) is 30.5. The van der Waals surface area contributed by atoms with Crippen molar-refractivity contribution in [1.29, 1.82) is 0 Å². The van der Waals surface area contributed by atoms with E-state index in [2.05, 4.69) is 27.8 Å². The molecular formula is C34H39BrN2O5. The average molecular weight is 636 g/mol. The first-order chi connectivity index (χ1) is 20.2. The number of aliphatic imine (C=N–C) groups is 1. The maximum absolute atomic E-state index is 14.3. The second-order valence-corrected chi connectivity index (χ2v) is 11.2. The highest BCUT2D eigenvalue weighted by Gasteiger charge is 2.47. The highest BCUT2D eigenvalue weighted by atomic mass is 79.9. The summed E-state index contributed by atoms with van der Waals surface area (Å²) < 4.78 is 6.31. The molecule has 0 aliphatic heterocycles. The minimum atomic E-state index is -1.64. The number of aliphatic hydroxyl groups excluding tert-OH is 1. The first kappa shape index (κ1) is 32.9. The second kappa shape index (κ2) is 16.1. The third-order valence-corrected chi connectivity index (χ3v) is 7.92. The maximum Gasteiger partial charge on any atom is 0.338 e. The van der Waals surface area contributed by atoms with Gasteiger partial charge in [-0.3, -0.25) is 14.6 Å². The van der Waals surface area contributed by atoms with Crippen LogP contribution in [0.1, 0.15) is 84.2 Å². The summed E-state index contributed by atoms with van der Waals surface area (Å²) in [4.78, 5) is 46.1. The van der Waals surface area contributed by atoms with Crippen molar-refractivity contribution in [3.63, 3.8) is 0 Å². The molecule has 0 amide bonds. The molecule has 7 nitrogen and oxygen atoms in total. The van der Waals surface area contributed by atoms with Gasteiger partial charge in [0.25, 0.3) is 0 Å². The van der Waals surface area contributed by atoms with Crippen LogP contribution in [0, 0.1) is 0 Å². The number of aliphatic hydroxyl groups is 1. The summed E-state index contributed by atoms with van der Waals surface area (Å²) in [6.07, 6.45) is 4.96. The van der Waals surface area contributed by atoms with Crippen molar-refractivity contribution < 1.29 is 24.2 Å². The highest BCUT2D eigenvalue weighted by molar-refractivity contribution is 9.10. The van der Waals surface area contributed by atoms with Gasteiger partial charge in [0.05, 0.1) is 11.3 Å². The number of hydrogen-bond donors (Lipinski definition) is 2. The van der Waals surface area contributed by atoms with Crippen LogP contribution >= 0.6 is 15.9 Å². The van der Waals surface area contributed by atoms with Crippen molar-refractivity contribution >= 4 is 45.4 Å². The summed E-state index contributed by atoms with van der Waals surface area (Å²) in [5.74, 6) is -1.71. The molecule has 8 heteroatoms. The summed E-state index contributed by atoms with van der Waals surface area (Å²) in [6, 6.07) is 20.4. The molecule has 0 saturated heterocycles. The first-order valence-corrected chi connectivity index (χ1v) is 15.1. The molecule has 0 fully saturated rings. The number of Topliss-reactive ketones (excluding diaryl/α,β-unsaturated/α-hetero) is 2. The standard InChI is InChI=1S/C34H39BrN2O5/c1-3-4-5-12-19-37-23-26-21-25(22-28(35)30(26)36)33(41)42-29(18-13-20-38)32(40)34(2,27-16-10-7-11-17-27)31(39)24-14-8-6-9-15-24/h6-11,14-17,21-23,29,38H,3-5,12-13,18-20,36H2,1-2H3. The molecule has 0 aliphatic rings. The van der Waals surface area contributed by atoms with Crippen molar-refractivity contribution in [2.45, 2.75) is 63.9 Å². The van der Waals surface area contributed by atoms with Crippen LogP contribution < -0.4 is 5.73 Å². The number of rotatable bonds is 16. The minimum absolute atomic E-state index is 0.0494. The van der Waals surface area contributed by atoms with E-state index in [-0.39, 0.29) is 25.0 Å². The van der Waals surface area contributed by atoms with Gasteiger partial charge in [-0.25, -0.2) is 4.79 Å². The Morgan fingerprint density at radius 1 is 0.976 bits per heavy atom.